The van der Waals surface area contributed by atoms with Gasteiger partial charge in [-0.1, -0.05) is 121 Å². The van der Waals surface area contributed by atoms with Crippen molar-refractivity contribution < 1.29 is 0 Å². The Bertz CT molecular complexity index is 2860. The van der Waals surface area contributed by atoms with Gasteiger partial charge >= 0.3 is 0 Å². The van der Waals surface area contributed by atoms with Crippen molar-refractivity contribution >= 4 is 85.5 Å². The van der Waals surface area contributed by atoms with Gasteiger partial charge in [-0.25, -0.2) is 29.9 Å². The lowest BCUT2D eigenvalue weighted by Gasteiger charge is -1.96. The zero-order valence-corrected chi connectivity index (χ0v) is 37.0. The van der Waals surface area contributed by atoms with E-state index in [9.17, 15) is 0 Å². The van der Waals surface area contributed by atoms with Crippen molar-refractivity contribution in [3.63, 3.8) is 0 Å². The quantitative estimate of drug-likeness (QED) is 0.111. The lowest BCUT2D eigenvalue weighted by Crippen LogP contribution is -1.82. The molecule has 14 heteroatoms. The standard InChI is InChI=1S/C32H18N8.4C5H5N.Al.HI.3H/c1-2-10-18-17(9-1)25-33-26(18)38-28-21-13-5-6-14-22(21)30(35-28)40-32-24-16-8-7-15-23(24)31(36-32)39-29-20-12-4-3-11-19(20)27(34-29)37-25;4*1-2-4-6-5-3-1;;;;;/h1-16H,(H2,33,34,35,36,37,38,39,40);4*1-5H;;1H;;;. The number of hydrogen-bond donors (Lipinski definition) is 2. The number of hydrogen-bond acceptors (Lipinski definition) is 10. The number of aromatic nitrogens is 12. The summed E-state index contributed by atoms with van der Waals surface area (Å²) < 4.78 is 0. The molecule has 7 aromatic heterocycles. The molecule has 0 spiro atoms. The van der Waals surface area contributed by atoms with Crippen LogP contribution in [0.15, 0.2) is 219 Å². The number of fused-ring (bicyclic) bond motifs is 20. The van der Waals surface area contributed by atoms with Gasteiger partial charge in [-0.05, 0) is 48.5 Å². The summed E-state index contributed by atoms with van der Waals surface area (Å²) in [5.41, 5.74) is 6.45. The molecule has 4 aromatic carbocycles. The van der Waals surface area contributed by atoms with E-state index in [2.05, 4.69) is 29.9 Å². The molecule has 9 heterocycles. The smallest absolute Gasteiger partial charge is 0.187 e. The van der Waals surface area contributed by atoms with Crippen molar-refractivity contribution in [1.29, 1.82) is 0 Å². The molecular weight excluding hydrogens is 947 g/mol. The van der Waals surface area contributed by atoms with Crippen LogP contribution in [-0.2, 0) is 0 Å². The van der Waals surface area contributed by atoms with Crippen LogP contribution in [-0.4, -0.2) is 77.2 Å². The van der Waals surface area contributed by atoms with Gasteiger partial charge in [0.15, 0.2) is 40.7 Å². The molecule has 0 fully saturated rings. The third-order valence-electron chi connectivity index (χ3n) is 9.73. The third kappa shape index (κ3) is 11.1. The van der Waals surface area contributed by atoms with Gasteiger partial charge in [0.25, 0.3) is 0 Å². The van der Waals surface area contributed by atoms with Gasteiger partial charge in [0.05, 0.1) is 0 Å². The first-order valence-corrected chi connectivity index (χ1v) is 20.4. The second-order valence-electron chi connectivity index (χ2n) is 13.9. The highest BCUT2D eigenvalue weighted by atomic mass is 127. The summed E-state index contributed by atoms with van der Waals surface area (Å²) in [5.74, 6) is 2.39. The molecular formula is C52H42AlIN12. The zero-order chi connectivity index (χ0) is 43.2. The average molecular weight is 989 g/mol. The molecule has 320 valence electrons. The van der Waals surface area contributed by atoms with Crippen molar-refractivity contribution in [3.05, 3.63) is 219 Å². The predicted molar refractivity (Wildman–Crippen MR) is 278 cm³/mol. The van der Waals surface area contributed by atoms with Crippen LogP contribution in [0, 0.1) is 0 Å². The maximum atomic E-state index is 5.02. The van der Waals surface area contributed by atoms with Crippen molar-refractivity contribution in [2.24, 2.45) is 0 Å². The maximum Gasteiger partial charge on any atom is 0.187 e. The number of H-pyrrole nitrogens is 2. The highest BCUT2D eigenvalue weighted by molar-refractivity contribution is 14.0. The number of pyridine rings is 4. The lowest BCUT2D eigenvalue weighted by atomic mass is 10.1. The van der Waals surface area contributed by atoms with E-state index in [-0.39, 0.29) is 41.3 Å². The van der Waals surface area contributed by atoms with Gasteiger partial charge in [0, 0.05) is 93.4 Å². The van der Waals surface area contributed by atoms with E-state index in [1.54, 1.807) is 49.6 Å². The molecule has 2 aliphatic heterocycles. The monoisotopic (exact) mass is 988 g/mol. The summed E-state index contributed by atoms with van der Waals surface area (Å²) in [4.78, 5) is 51.9. The average Bonchev–Trinajstić information content (AvgIpc) is 4.13. The van der Waals surface area contributed by atoms with Crippen molar-refractivity contribution in [2.45, 2.75) is 0 Å². The fourth-order valence-electron chi connectivity index (χ4n) is 6.84. The highest BCUT2D eigenvalue weighted by Gasteiger charge is 2.21. The van der Waals surface area contributed by atoms with Gasteiger partial charge in [0.2, 0.25) is 0 Å². The first kappa shape index (κ1) is 46.1. The molecule has 0 unspecified atom stereocenters. The number of rotatable bonds is 0. The number of nitrogens with one attached hydrogen (secondary N) is 2. The molecule has 66 heavy (non-hydrogen) atoms. The summed E-state index contributed by atoms with van der Waals surface area (Å²) in [6, 6.07) is 55.1. The SMILES string of the molecule is I.[AlH3].c1ccc2c(c1)-c1nc-2nc2[nH]c(nc3nc(nc4[nH]c(n1)c1ccccc41)-c1ccccc1-3)c1ccccc21.c1ccncc1.c1ccncc1.c1ccncc1.c1ccncc1. The topological polar surface area (TPSA) is 160 Å². The fraction of sp³-hybridized carbons (Fsp3) is 0. The van der Waals surface area contributed by atoms with Crippen LogP contribution in [0.4, 0.5) is 0 Å². The van der Waals surface area contributed by atoms with Gasteiger partial charge in [-0.2, -0.15) is 0 Å². The summed E-state index contributed by atoms with van der Waals surface area (Å²) >= 11 is 0. The number of aromatic amines is 2. The van der Waals surface area contributed by atoms with E-state index in [1.807, 2.05) is 170 Å². The summed E-state index contributed by atoms with van der Waals surface area (Å²) in [5, 5.41) is 3.82. The summed E-state index contributed by atoms with van der Waals surface area (Å²) in [6.45, 7) is 0. The van der Waals surface area contributed by atoms with Crippen LogP contribution in [0.25, 0.3) is 89.7 Å². The van der Waals surface area contributed by atoms with E-state index < -0.39 is 0 Å². The Morgan fingerprint density at radius 2 is 0.455 bits per heavy atom. The van der Waals surface area contributed by atoms with E-state index in [4.69, 9.17) is 29.9 Å². The van der Waals surface area contributed by atoms with Crippen LogP contribution in [0.3, 0.4) is 0 Å². The minimum absolute atomic E-state index is 0. The Balaban J connectivity index is 0.000000202. The second-order valence-corrected chi connectivity index (χ2v) is 13.9. The number of halogens is 1. The minimum Gasteiger partial charge on any atom is -0.324 e. The van der Waals surface area contributed by atoms with E-state index >= 15 is 0 Å². The maximum absolute atomic E-state index is 5.02. The van der Waals surface area contributed by atoms with Crippen LogP contribution in [0.1, 0.15) is 0 Å². The largest absolute Gasteiger partial charge is 0.324 e. The van der Waals surface area contributed by atoms with E-state index in [0.717, 1.165) is 43.8 Å². The fourth-order valence-corrected chi connectivity index (χ4v) is 6.84. The first-order valence-electron chi connectivity index (χ1n) is 20.4. The molecule has 2 N–H and O–H groups in total. The van der Waals surface area contributed by atoms with Crippen molar-refractivity contribution in [2.75, 3.05) is 0 Å². The Morgan fingerprint density at radius 1 is 0.242 bits per heavy atom. The summed E-state index contributed by atoms with van der Waals surface area (Å²) in [6.07, 6.45) is 14.0. The van der Waals surface area contributed by atoms with Crippen LogP contribution >= 0.6 is 24.0 Å². The summed E-state index contributed by atoms with van der Waals surface area (Å²) in [7, 11) is 0. The van der Waals surface area contributed by atoms with Crippen LogP contribution in [0.5, 0.6) is 0 Å². The zero-order valence-electron chi connectivity index (χ0n) is 34.7. The molecule has 0 radical (unpaired) electrons. The van der Waals surface area contributed by atoms with Crippen molar-refractivity contribution in [1.82, 2.24) is 59.8 Å². The second kappa shape index (κ2) is 23.2. The normalized spacial score (nSPS) is 10.2. The Hall–Kier alpha value is -7.90. The van der Waals surface area contributed by atoms with Gasteiger partial charge in [-0.3, -0.25) is 19.9 Å². The van der Waals surface area contributed by atoms with Crippen LogP contribution in [0.2, 0.25) is 0 Å². The molecule has 2 aliphatic rings. The molecule has 0 atom stereocenters. The minimum atomic E-state index is 0. The predicted octanol–water partition coefficient (Wildman–Crippen LogP) is 10.6. The number of benzene rings is 4. The molecule has 11 aromatic rings. The third-order valence-corrected chi connectivity index (χ3v) is 9.73. The molecule has 13 rings (SSSR count). The first-order chi connectivity index (χ1) is 31.8. The lowest BCUT2D eigenvalue weighted by molar-refractivity contribution is 1.19. The van der Waals surface area contributed by atoms with Crippen molar-refractivity contribution in [3.8, 4) is 45.6 Å². The number of nitrogens with zero attached hydrogens (tertiary/aromatic N) is 10. The van der Waals surface area contributed by atoms with Gasteiger partial charge < -0.3 is 9.97 Å². The molecule has 8 bridgehead atoms. The molecule has 0 aliphatic carbocycles. The Labute approximate surface area is 407 Å². The Kier molecular flexibility index (Phi) is 16.2. The van der Waals surface area contributed by atoms with Crippen LogP contribution < -0.4 is 0 Å². The molecule has 0 saturated carbocycles. The molecule has 12 nitrogen and oxygen atoms in total. The van der Waals surface area contributed by atoms with Gasteiger partial charge in [-0.15, -0.1) is 24.0 Å². The highest BCUT2D eigenvalue weighted by Crippen LogP contribution is 2.36. The Morgan fingerprint density at radius 3 is 0.636 bits per heavy atom. The van der Waals surface area contributed by atoms with E-state index in [1.165, 1.54) is 0 Å². The molecule has 0 amide bonds. The molecule has 0 saturated heterocycles. The van der Waals surface area contributed by atoms with E-state index in [0.29, 0.717) is 45.9 Å². The van der Waals surface area contributed by atoms with Gasteiger partial charge in [0.1, 0.15) is 22.6 Å².